The minimum Gasteiger partial charge on any atom is -0.366 e. The van der Waals surface area contributed by atoms with Crippen LogP contribution in [0, 0.1) is 12.7 Å². The van der Waals surface area contributed by atoms with Gasteiger partial charge in [-0.05, 0) is 73.4 Å². The molecule has 190 valence electrons. The highest BCUT2D eigenvalue weighted by molar-refractivity contribution is 5.94. The normalized spacial score (nSPS) is 15.6. The van der Waals surface area contributed by atoms with Crippen molar-refractivity contribution in [3.63, 3.8) is 0 Å². The van der Waals surface area contributed by atoms with Crippen LogP contribution in [0.25, 0.3) is 16.6 Å². The van der Waals surface area contributed by atoms with E-state index < -0.39 is 0 Å². The maximum atomic E-state index is 15.8. The van der Waals surface area contributed by atoms with Crippen LogP contribution in [-0.2, 0) is 6.42 Å². The fourth-order valence-electron chi connectivity index (χ4n) is 4.89. The predicted octanol–water partition coefficient (Wildman–Crippen LogP) is 4.67. The molecule has 37 heavy (non-hydrogen) atoms. The summed E-state index contributed by atoms with van der Waals surface area (Å²) in [5.41, 5.74) is 6.35. The number of hydrogen-bond donors (Lipinski definition) is 2. The lowest BCUT2D eigenvalue weighted by Crippen LogP contribution is -2.49. The largest absolute Gasteiger partial charge is 0.366 e. The summed E-state index contributed by atoms with van der Waals surface area (Å²) >= 11 is 0. The number of benzene rings is 2. The Labute approximate surface area is 220 Å². The molecule has 2 N–H and O–H groups in total. The van der Waals surface area contributed by atoms with Crippen LogP contribution in [0.3, 0.4) is 0 Å². The first-order chi connectivity index (χ1) is 17.5. The first-order valence-electron chi connectivity index (χ1n) is 12.1. The molecule has 3 aromatic heterocycles. The summed E-state index contributed by atoms with van der Waals surface area (Å²) in [5, 5.41) is 11.3. The SMILES string of the molecule is Cc1cc(Nc2ncnc3ccc(N4CCN[C@H](C)C4)c(F)c23)ccc1Cc1ccn2ncnc2c1.Cl. The smallest absolute Gasteiger partial charge is 0.159 e. The highest BCUT2D eigenvalue weighted by Gasteiger charge is 2.22. The third-order valence-corrected chi connectivity index (χ3v) is 6.77. The predicted molar refractivity (Wildman–Crippen MR) is 147 cm³/mol. The maximum absolute atomic E-state index is 15.8. The van der Waals surface area contributed by atoms with Crippen LogP contribution in [0.4, 0.5) is 21.6 Å². The lowest BCUT2D eigenvalue weighted by Gasteiger charge is -2.34. The minimum absolute atomic E-state index is 0. The first kappa shape index (κ1) is 24.9. The van der Waals surface area contributed by atoms with Crippen LogP contribution >= 0.6 is 12.4 Å². The first-order valence-corrected chi connectivity index (χ1v) is 12.1. The van der Waals surface area contributed by atoms with Crippen molar-refractivity contribution in [2.45, 2.75) is 26.3 Å². The van der Waals surface area contributed by atoms with Crippen molar-refractivity contribution < 1.29 is 4.39 Å². The monoisotopic (exact) mass is 518 g/mol. The van der Waals surface area contributed by atoms with Gasteiger partial charge in [0.1, 0.15) is 18.5 Å². The lowest BCUT2D eigenvalue weighted by atomic mass is 10.0. The molecule has 0 spiro atoms. The van der Waals surface area contributed by atoms with Crippen LogP contribution in [0.1, 0.15) is 23.6 Å². The Morgan fingerprint density at radius 3 is 2.81 bits per heavy atom. The second-order valence-electron chi connectivity index (χ2n) is 9.36. The van der Waals surface area contributed by atoms with E-state index >= 15 is 4.39 Å². The van der Waals surface area contributed by atoms with Crippen molar-refractivity contribution in [2.75, 3.05) is 29.9 Å². The van der Waals surface area contributed by atoms with E-state index in [0.29, 0.717) is 28.5 Å². The van der Waals surface area contributed by atoms with Gasteiger partial charge < -0.3 is 15.5 Å². The number of pyridine rings is 1. The van der Waals surface area contributed by atoms with Crippen molar-refractivity contribution in [1.29, 1.82) is 0 Å². The molecule has 1 atom stereocenters. The molecule has 5 aromatic rings. The number of nitrogens with one attached hydrogen (secondary N) is 2. The number of fused-ring (bicyclic) bond motifs is 2. The molecule has 1 saturated heterocycles. The average Bonchev–Trinajstić information content (AvgIpc) is 3.34. The van der Waals surface area contributed by atoms with Crippen molar-refractivity contribution in [3.8, 4) is 0 Å². The number of piperazine rings is 1. The van der Waals surface area contributed by atoms with Crippen molar-refractivity contribution in [2.24, 2.45) is 0 Å². The zero-order valence-corrected chi connectivity index (χ0v) is 21.5. The zero-order chi connectivity index (χ0) is 24.6. The Bertz CT molecular complexity index is 1570. The van der Waals surface area contributed by atoms with Gasteiger partial charge in [-0.25, -0.2) is 23.9 Å². The Kier molecular flexibility index (Phi) is 6.90. The summed E-state index contributed by atoms with van der Waals surface area (Å²) in [4.78, 5) is 15.1. The van der Waals surface area contributed by atoms with Gasteiger partial charge in [0.2, 0.25) is 0 Å². The molecular formula is C27H28ClFN8. The summed E-state index contributed by atoms with van der Waals surface area (Å²) in [6, 6.07) is 14.3. The topological polar surface area (TPSA) is 83.3 Å². The third kappa shape index (κ3) is 4.92. The molecule has 0 radical (unpaired) electrons. The molecule has 0 bridgehead atoms. The molecule has 0 amide bonds. The molecule has 6 rings (SSSR count). The Morgan fingerprint density at radius 1 is 1.08 bits per heavy atom. The van der Waals surface area contributed by atoms with Gasteiger partial charge in [-0.1, -0.05) is 6.07 Å². The van der Waals surface area contributed by atoms with Crippen LogP contribution in [0.15, 0.2) is 61.3 Å². The van der Waals surface area contributed by atoms with E-state index in [1.165, 1.54) is 11.9 Å². The van der Waals surface area contributed by atoms with Gasteiger partial charge in [-0.2, -0.15) is 5.10 Å². The van der Waals surface area contributed by atoms with Gasteiger partial charge in [0, 0.05) is 37.6 Å². The van der Waals surface area contributed by atoms with Gasteiger partial charge in [0.05, 0.1) is 16.6 Å². The molecule has 4 heterocycles. The minimum atomic E-state index is -0.290. The molecule has 0 unspecified atom stereocenters. The molecule has 1 fully saturated rings. The summed E-state index contributed by atoms with van der Waals surface area (Å²) in [7, 11) is 0. The number of nitrogens with zero attached hydrogens (tertiary/aromatic N) is 6. The van der Waals surface area contributed by atoms with Crippen molar-refractivity contribution in [1.82, 2.24) is 29.9 Å². The van der Waals surface area contributed by atoms with Gasteiger partial charge >= 0.3 is 0 Å². The summed E-state index contributed by atoms with van der Waals surface area (Å²) in [6.07, 6.45) is 5.73. The molecule has 0 saturated carbocycles. The average molecular weight is 519 g/mol. The summed E-state index contributed by atoms with van der Waals surface area (Å²) in [5.74, 6) is 0.175. The molecule has 8 nitrogen and oxygen atoms in total. The molecule has 0 aliphatic carbocycles. The molecule has 1 aliphatic rings. The maximum Gasteiger partial charge on any atom is 0.159 e. The van der Waals surface area contributed by atoms with E-state index in [1.54, 1.807) is 10.8 Å². The quantitative estimate of drug-likeness (QED) is 0.349. The highest BCUT2D eigenvalue weighted by Crippen LogP contribution is 2.32. The Balaban J connectivity index is 0.00000280. The van der Waals surface area contributed by atoms with E-state index in [1.807, 2.05) is 30.5 Å². The van der Waals surface area contributed by atoms with Crippen molar-refractivity contribution in [3.05, 3.63) is 83.8 Å². The van der Waals surface area contributed by atoms with E-state index in [9.17, 15) is 0 Å². The molecule has 2 aromatic carbocycles. The summed E-state index contributed by atoms with van der Waals surface area (Å²) < 4.78 is 17.6. The highest BCUT2D eigenvalue weighted by atomic mass is 35.5. The van der Waals surface area contributed by atoms with Gasteiger partial charge in [0.15, 0.2) is 11.5 Å². The Morgan fingerprint density at radius 2 is 1.97 bits per heavy atom. The fourth-order valence-corrected chi connectivity index (χ4v) is 4.89. The second kappa shape index (κ2) is 10.3. The van der Waals surface area contributed by atoms with E-state index in [-0.39, 0.29) is 18.2 Å². The zero-order valence-electron chi connectivity index (χ0n) is 20.6. The van der Waals surface area contributed by atoms with Crippen LogP contribution in [0.5, 0.6) is 0 Å². The second-order valence-corrected chi connectivity index (χ2v) is 9.36. The van der Waals surface area contributed by atoms with E-state index in [4.69, 9.17) is 0 Å². The van der Waals surface area contributed by atoms with Gasteiger partial charge in [-0.3, -0.25) is 0 Å². The van der Waals surface area contributed by atoms with Crippen LogP contribution < -0.4 is 15.5 Å². The number of rotatable bonds is 5. The molecule has 10 heteroatoms. The Hall–Kier alpha value is -3.82. The van der Waals surface area contributed by atoms with Gasteiger partial charge in [-0.15, -0.1) is 12.4 Å². The number of hydrogen-bond acceptors (Lipinski definition) is 7. The third-order valence-electron chi connectivity index (χ3n) is 6.77. The van der Waals surface area contributed by atoms with Crippen LogP contribution in [-0.4, -0.2) is 50.2 Å². The van der Waals surface area contributed by atoms with Gasteiger partial charge in [0.25, 0.3) is 0 Å². The molecule has 1 aliphatic heterocycles. The fraction of sp³-hybridized carbons (Fsp3) is 0.259. The number of aromatic nitrogens is 5. The van der Waals surface area contributed by atoms with Crippen LogP contribution in [0.2, 0.25) is 0 Å². The lowest BCUT2D eigenvalue weighted by molar-refractivity contribution is 0.479. The number of anilines is 3. The molecular weight excluding hydrogens is 491 g/mol. The number of aryl methyl sites for hydroxylation is 1. The van der Waals surface area contributed by atoms with Crippen molar-refractivity contribution >= 4 is 46.1 Å². The van der Waals surface area contributed by atoms with E-state index in [0.717, 1.165) is 48.5 Å². The number of halogens is 2. The summed E-state index contributed by atoms with van der Waals surface area (Å²) in [6.45, 7) is 6.53. The van der Waals surface area contributed by atoms with E-state index in [2.05, 4.69) is 67.6 Å². The standard InChI is InChI=1S/C27H27FN8.ClH/c1-17-11-21(4-3-20(17)12-19-7-9-36-24(13-19)31-16-33-36)34-27-25-22(30-15-32-27)5-6-23(26(25)28)35-10-8-29-18(2)14-35;/h3-7,9,11,13,15-16,18,29H,8,10,12,14H2,1-2H3,(H,30,32,34);1H/t18-;/m1./s1.